The first-order valence-corrected chi connectivity index (χ1v) is 16.1. The lowest BCUT2D eigenvalue weighted by Gasteiger charge is -2.53. The van der Waals surface area contributed by atoms with Gasteiger partial charge in [-0.05, 0) is 56.6 Å². The Labute approximate surface area is 148 Å². The van der Waals surface area contributed by atoms with Crippen molar-refractivity contribution < 1.29 is 9.16 Å². The highest BCUT2D eigenvalue weighted by Gasteiger charge is 2.53. The number of benzene rings is 1. The summed E-state index contributed by atoms with van der Waals surface area (Å²) < 4.78 is 13.1. The first-order valence-electron chi connectivity index (χ1n) is 8.96. The second-order valence-corrected chi connectivity index (χ2v) is 23.7. The van der Waals surface area contributed by atoms with Gasteiger partial charge in [-0.25, -0.2) is 0 Å². The molecule has 1 aliphatic heterocycles. The van der Waals surface area contributed by atoms with Crippen LogP contribution in [0.3, 0.4) is 0 Å². The van der Waals surface area contributed by atoms with Crippen LogP contribution in [0.4, 0.5) is 11.4 Å². The van der Waals surface area contributed by atoms with Crippen molar-refractivity contribution in [2.45, 2.75) is 77.2 Å². The topological polar surface area (TPSA) is 70.5 Å². The minimum atomic E-state index is -1.64. The normalized spacial score (nSPS) is 26.9. The standard InChI is InChI=1S/C18H34N2O2Si2/c1-7-17(21-13-14-10-15(19)12-16(20)11-14)18(2)8-9-23(3,4)24(5,6)22-18/h10-12,17H,7-9,13,19-20H2,1-6H3. The summed E-state index contributed by atoms with van der Waals surface area (Å²) in [6.07, 6.45) is 2.14. The number of nitrogen functional groups attached to an aromatic ring is 2. The monoisotopic (exact) mass is 366 g/mol. The maximum atomic E-state index is 6.79. The average Bonchev–Trinajstić information content (AvgIpc) is 2.43. The van der Waals surface area contributed by atoms with Crippen LogP contribution in [-0.4, -0.2) is 27.1 Å². The molecule has 0 spiro atoms. The van der Waals surface area contributed by atoms with Crippen LogP contribution in [0.2, 0.25) is 32.2 Å². The maximum absolute atomic E-state index is 6.79. The van der Waals surface area contributed by atoms with E-state index in [1.165, 1.54) is 6.04 Å². The Balaban J connectivity index is 2.10. The van der Waals surface area contributed by atoms with E-state index in [4.69, 9.17) is 20.6 Å². The van der Waals surface area contributed by atoms with Crippen LogP contribution < -0.4 is 11.5 Å². The van der Waals surface area contributed by atoms with Gasteiger partial charge in [-0.3, -0.25) is 0 Å². The molecule has 2 rings (SSSR count). The molecule has 1 aromatic rings. The molecule has 0 radical (unpaired) electrons. The first-order chi connectivity index (χ1) is 11.0. The molecular weight excluding hydrogens is 332 g/mol. The van der Waals surface area contributed by atoms with E-state index in [2.05, 4.69) is 40.0 Å². The van der Waals surface area contributed by atoms with Gasteiger partial charge in [0.1, 0.15) is 0 Å². The molecule has 24 heavy (non-hydrogen) atoms. The van der Waals surface area contributed by atoms with Gasteiger partial charge >= 0.3 is 0 Å². The van der Waals surface area contributed by atoms with Gasteiger partial charge in [-0.1, -0.05) is 26.1 Å². The SMILES string of the molecule is CCC(OCc1cc(N)cc(N)c1)C1(C)CC[Si](C)(C)[Si](C)(C)O1. The molecule has 1 aliphatic rings. The zero-order valence-corrected chi connectivity index (χ0v) is 18.1. The number of anilines is 2. The predicted molar refractivity (Wildman–Crippen MR) is 108 cm³/mol. The summed E-state index contributed by atoms with van der Waals surface area (Å²) in [5.41, 5.74) is 14.0. The second kappa shape index (κ2) is 6.82. The molecule has 2 unspecified atom stereocenters. The molecule has 4 nitrogen and oxygen atoms in total. The van der Waals surface area contributed by atoms with Gasteiger partial charge in [-0.2, -0.15) is 0 Å². The molecule has 2 atom stereocenters. The molecule has 0 bridgehead atoms. The number of ether oxygens (including phenoxy) is 1. The van der Waals surface area contributed by atoms with E-state index in [9.17, 15) is 0 Å². The third-order valence-corrected chi connectivity index (χ3v) is 22.5. The highest BCUT2D eigenvalue weighted by molar-refractivity contribution is 7.38. The van der Waals surface area contributed by atoms with Gasteiger partial charge in [0.2, 0.25) is 0 Å². The van der Waals surface area contributed by atoms with Gasteiger partial charge < -0.3 is 20.6 Å². The summed E-state index contributed by atoms with van der Waals surface area (Å²) >= 11 is 0. The third kappa shape index (κ3) is 4.04. The second-order valence-electron chi connectivity index (χ2n) is 8.52. The summed E-state index contributed by atoms with van der Waals surface area (Å²) in [4.78, 5) is 0. The summed E-state index contributed by atoms with van der Waals surface area (Å²) in [6, 6.07) is 6.96. The average molecular weight is 367 g/mol. The van der Waals surface area contributed by atoms with E-state index < -0.39 is 15.4 Å². The Kier molecular flexibility index (Phi) is 5.54. The van der Waals surface area contributed by atoms with Crippen LogP contribution in [0.5, 0.6) is 0 Å². The quantitative estimate of drug-likeness (QED) is 0.601. The van der Waals surface area contributed by atoms with Crippen LogP contribution in [0, 0.1) is 0 Å². The Morgan fingerprint density at radius 1 is 1.17 bits per heavy atom. The van der Waals surface area contributed by atoms with E-state index >= 15 is 0 Å². The molecule has 0 saturated carbocycles. The third-order valence-electron chi connectivity index (χ3n) is 5.91. The molecule has 0 aliphatic carbocycles. The first kappa shape index (κ1) is 19.5. The number of rotatable bonds is 5. The van der Waals surface area contributed by atoms with E-state index in [0.717, 1.165) is 18.4 Å². The van der Waals surface area contributed by atoms with Crippen LogP contribution >= 0.6 is 0 Å². The Bertz CT molecular complexity index is 572. The maximum Gasteiger partial charge on any atom is 0.174 e. The van der Waals surface area contributed by atoms with Gasteiger partial charge in [0, 0.05) is 11.4 Å². The van der Waals surface area contributed by atoms with E-state index in [0.29, 0.717) is 18.0 Å². The summed E-state index contributed by atoms with van der Waals surface area (Å²) in [5.74, 6) is 0. The Morgan fingerprint density at radius 3 is 2.25 bits per heavy atom. The molecule has 1 aromatic carbocycles. The molecule has 0 amide bonds. The highest BCUT2D eigenvalue weighted by atomic mass is 29.3. The van der Waals surface area contributed by atoms with Crippen molar-refractivity contribution in [3.05, 3.63) is 23.8 Å². The molecule has 1 saturated heterocycles. The van der Waals surface area contributed by atoms with Crippen molar-refractivity contribution in [3.8, 4) is 0 Å². The minimum Gasteiger partial charge on any atom is -0.412 e. The predicted octanol–water partition coefficient (Wildman–Crippen LogP) is 4.32. The van der Waals surface area contributed by atoms with Crippen LogP contribution in [0.25, 0.3) is 0 Å². The van der Waals surface area contributed by atoms with Crippen molar-refractivity contribution >= 4 is 26.8 Å². The minimum absolute atomic E-state index is 0.0945. The van der Waals surface area contributed by atoms with Gasteiger partial charge in [0.05, 0.1) is 25.9 Å². The van der Waals surface area contributed by atoms with Crippen LogP contribution in [-0.2, 0) is 15.8 Å². The van der Waals surface area contributed by atoms with Crippen LogP contribution in [0.1, 0.15) is 32.3 Å². The lowest BCUT2D eigenvalue weighted by Crippen LogP contribution is -2.67. The van der Waals surface area contributed by atoms with Crippen molar-refractivity contribution in [3.63, 3.8) is 0 Å². The molecule has 1 fully saturated rings. The van der Waals surface area contributed by atoms with Crippen LogP contribution in [0.15, 0.2) is 18.2 Å². The Morgan fingerprint density at radius 2 is 1.75 bits per heavy atom. The zero-order valence-electron chi connectivity index (χ0n) is 16.1. The molecule has 136 valence electrons. The lowest BCUT2D eigenvalue weighted by molar-refractivity contribution is -0.0987. The van der Waals surface area contributed by atoms with E-state index in [-0.39, 0.29) is 11.7 Å². The van der Waals surface area contributed by atoms with Crippen molar-refractivity contribution in [2.75, 3.05) is 11.5 Å². The lowest BCUT2D eigenvalue weighted by atomic mass is 9.94. The summed E-state index contributed by atoms with van der Waals surface area (Å²) in [7, 11) is -2.88. The molecule has 4 N–H and O–H groups in total. The fourth-order valence-electron chi connectivity index (χ4n) is 3.61. The Hall–Kier alpha value is -0.826. The number of hydrogen-bond donors (Lipinski definition) is 2. The van der Waals surface area contributed by atoms with E-state index in [1.807, 2.05) is 12.1 Å². The number of hydrogen-bond acceptors (Lipinski definition) is 4. The van der Waals surface area contributed by atoms with E-state index in [1.54, 1.807) is 6.07 Å². The summed E-state index contributed by atoms with van der Waals surface area (Å²) in [6.45, 7) is 14.7. The van der Waals surface area contributed by atoms with Gasteiger partial charge in [0.25, 0.3) is 0 Å². The van der Waals surface area contributed by atoms with Gasteiger partial charge in [0.15, 0.2) is 7.83 Å². The summed E-state index contributed by atoms with van der Waals surface area (Å²) in [5, 5.41) is 0. The van der Waals surface area contributed by atoms with Crippen molar-refractivity contribution in [1.29, 1.82) is 0 Å². The molecule has 1 heterocycles. The highest BCUT2D eigenvalue weighted by Crippen LogP contribution is 2.42. The zero-order chi connectivity index (χ0) is 18.2. The smallest absolute Gasteiger partial charge is 0.174 e. The number of nitrogens with two attached hydrogens (primary N) is 2. The van der Waals surface area contributed by atoms with Crippen molar-refractivity contribution in [1.82, 2.24) is 0 Å². The fraction of sp³-hybridized carbons (Fsp3) is 0.667. The molecule has 0 aromatic heterocycles. The molecular formula is C18H34N2O2Si2. The fourth-order valence-corrected chi connectivity index (χ4v) is 10.7. The largest absolute Gasteiger partial charge is 0.412 e. The molecule has 6 heteroatoms. The van der Waals surface area contributed by atoms with Crippen molar-refractivity contribution in [2.24, 2.45) is 0 Å². The van der Waals surface area contributed by atoms with Gasteiger partial charge in [-0.15, -0.1) is 0 Å².